The van der Waals surface area contributed by atoms with Gasteiger partial charge < -0.3 is 9.73 Å². The summed E-state index contributed by atoms with van der Waals surface area (Å²) >= 11 is 1.36. The Kier molecular flexibility index (Phi) is 3.51. The molecule has 6 heteroatoms. The van der Waals surface area contributed by atoms with E-state index in [1.54, 1.807) is 6.20 Å². The highest BCUT2D eigenvalue weighted by molar-refractivity contribution is 7.09. The minimum atomic E-state index is 0.554. The van der Waals surface area contributed by atoms with Crippen molar-refractivity contribution in [2.75, 3.05) is 5.32 Å². The first kappa shape index (κ1) is 11.1. The Morgan fingerprint density at radius 3 is 2.88 bits per heavy atom. The quantitative estimate of drug-likeness (QED) is 0.865. The van der Waals surface area contributed by atoms with Crippen molar-refractivity contribution >= 4 is 16.7 Å². The monoisotopic (exact) mass is 238 g/mol. The number of hydrogen-bond acceptors (Lipinski definition) is 6. The molecule has 0 saturated carbocycles. The van der Waals surface area contributed by atoms with Crippen LogP contribution in [0, 0.1) is 0 Å². The largest absolute Gasteiger partial charge is 0.444 e. The number of aromatic nitrogens is 3. The van der Waals surface area contributed by atoms with Crippen molar-refractivity contribution in [1.82, 2.24) is 14.3 Å². The van der Waals surface area contributed by atoms with E-state index in [9.17, 15) is 0 Å². The van der Waals surface area contributed by atoms with Crippen LogP contribution >= 0.6 is 11.5 Å². The van der Waals surface area contributed by atoms with Crippen LogP contribution in [-0.4, -0.2) is 14.3 Å². The molecule has 0 aliphatic rings. The van der Waals surface area contributed by atoms with Crippen LogP contribution in [-0.2, 0) is 19.4 Å². The summed E-state index contributed by atoms with van der Waals surface area (Å²) < 4.78 is 9.66. The standard InChI is InChI=1S/C10H14N4OS/c1-3-7-5-11-9(15-7)6-12-10-13-8(4-2)14-16-10/h5H,3-4,6H2,1-2H3,(H,12,13,14). The number of hydrogen-bond donors (Lipinski definition) is 1. The van der Waals surface area contributed by atoms with Gasteiger partial charge in [0.1, 0.15) is 11.6 Å². The van der Waals surface area contributed by atoms with Crippen molar-refractivity contribution in [2.45, 2.75) is 33.2 Å². The molecule has 86 valence electrons. The van der Waals surface area contributed by atoms with E-state index in [-0.39, 0.29) is 0 Å². The number of nitrogens with zero attached hydrogens (tertiary/aromatic N) is 3. The van der Waals surface area contributed by atoms with E-state index in [1.807, 2.05) is 13.8 Å². The highest BCUT2D eigenvalue weighted by Gasteiger charge is 2.05. The summed E-state index contributed by atoms with van der Waals surface area (Å²) in [4.78, 5) is 8.45. The van der Waals surface area contributed by atoms with Gasteiger partial charge in [0.25, 0.3) is 0 Å². The average molecular weight is 238 g/mol. The molecule has 5 nitrogen and oxygen atoms in total. The smallest absolute Gasteiger partial charge is 0.213 e. The van der Waals surface area contributed by atoms with Gasteiger partial charge in [-0.05, 0) is 0 Å². The minimum Gasteiger partial charge on any atom is -0.444 e. The number of oxazole rings is 1. The van der Waals surface area contributed by atoms with Crippen molar-refractivity contribution in [1.29, 1.82) is 0 Å². The van der Waals surface area contributed by atoms with Crippen LogP contribution in [0.5, 0.6) is 0 Å². The van der Waals surface area contributed by atoms with Crippen LogP contribution in [0.3, 0.4) is 0 Å². The zero-order valence-electron chi connectivity index (χ0n) is 9.36. The van der Waals surface area contributed by atoms with Gasteiger partial charge >= 0.3 is 0 Å². The topological polar surface area (TPSA) is 63.8 Å². The lowest BCUT2D eigenvalue weighted by Gasteiger charge is -1.96. The van der Waals surface area contributed by atoms with Gasteiger partial charge in [-0.3, -0.25) is 0 Å². The first-order valence-corrected chi connectivity index (χ1v) is 6.09. The van der Waals surface area contributed by atoms with Gasteiger partial charge in [-0.15, -0.1) is 0 Å². The highest BCUT2D eigenvalue weighted by Crippen LogP contribution is 2.13. The molecule has 1 N–H and O–H groups in total. The van der Waals surface area contributed by atoms with Crippen LogP contribution in [0.2, 0.25) is 0 Å². The van der Waals surface area contributed by atoms with E-state index >= 15 is 0 Å². The Morgan fingerprint density at radius 2 is 2.25 bits per heavy atom. The second-order valence-electron chi connectivity index (χ2n) is 3.30. The SMILES string of the molecule is CCc1nsc(NCc2ncc(CC)o2)n1. The van der Waals surface area contributed by atoms with Gasteiger partial charge in [0.15, 0.2) is 0 Å². The molecule has 0 aliphatic carbocycles. The molecular formula is C10H14N4OS. The fourth-order valence-electron chi connectivity index (χ4n) is 1.21. The average Bonchev–Trinajstić information content (AvgIpc) is 2.95. The lowest BCUT2D eigenvalue weighted by Crippen LogP contribution is -1.99. The minimum absolute atomic E-state index is 0.554. The van der Waals surface area contributed by atoms with Crippen molar-refractivity contribution in [3.63, 3.8) is 0 Å². The van der Waals surface area contributed by atoms with Crippen molar-refractivity contribution in [2.24, 2.45) is 0 Å². The van der Waals surface area contributed by atoms with Gasteiger partial charge in [-0.25, -0.2) is 9.97 Å². The van der Waals surface area contributed by atoms with Gasteiger partial charge in [-0.1, -0.05) is 13.8 Å². The normalized spacial score (nSPS) is 10.6. The van der Waals surface area contributed by atoms with Crippen LogP contribution in [0.1, 0.15) is 31.3 Å². The second-order valence-corrected chi connectivity index (χ2v) is 4.05. The molecule has 0 bridgehead atoms. The third-order valence-electron chi connectivity index (χ3n) is 2.13. The first-order chi connectivity index (χ1) is 7.81. The Bertz CT molecular complexity index is 409. The zero-order valence-corrected chi connectivity index (χ0v) is 10.2. The summed E-state index contributed by atoms with van der Waals surface area (Å²) in [7, 11) is 0. The molecule has 0 spiro atoms. The van der Waals surface area contributed by atoms with Gasteiger partial charge in [0.2, 0.25) is 11.0 Å². The molecular weight excluding hydrogens is 224 g/mol. The van der Waals surface area contributed by atoms with Crippen molar-refractivity contribution in [3.8, 4) is 0 Å². The van der Waals surface area contributed by atoms with E-state index in [4.69, 9.17) is 4.42 Å². The Hall–Kier alpha value is -1.43. The summed E-state index contributed by atoms with van der Waals surface area (Å²) in [6, 6.07) is 0. The molecule has 0 radical (unpaired) electrons. The van der Waals surface area contributed by atoms with Crippen LogP contribution in [0.25, 0.3) is 0 Å². The molecule has 2 rings (SSSR count). The molecule has 2 aromatic rings. The summed E-state index contributed by atoms with van der Waals surface area (Å²) in [6.45, 7) is 4.63. The van der Waals surface area contributed by atoms with E-state index in [1.165, 1.54) is 11.5 Å². The maximum absolute atomic E-state index is 5.47. The zero-order chi connectivity index (χ0) is 11.4. The molecule has 0 aromatic carbocycles. The van der Waals surface area contributed by atoms with Gasteiger partial charge in [0.05, 0.1) is 12.7 Å². The number of nitrogens with one attached hydrogen (secondary N) is 1. The summed E-state index contributed by atoms with van der Waals surface area (Å²) in [6.07, 6.45) is 3.48. The maximum Gasteiger partial charge on any atom is 0.213 e. The Balaban J connectivity index is 1.91. The highest BCUT2D eigenvalue weighted by atomic mass is 32.1. The lowest BCUT2D eigenvalue weighted by molar-refractivity contribution is 0.466. The third-order valence-corrected chi connectivity index (χ3v) is 2.84. The van der Waals surface area contributed by atoms with Crippen LogP contribution in [0.15, 0.2) is 10.6 Å². The second kappa shape index (κ2) is 5.07. The predicted octanol–water partition coefficient (Wildman–Crippen LogP) is 2.26. The number of rotatable bonds is 5. The van der Waals surface area contributed by atoms with E-state index < -0.39 is 0 Å². The fourth-order valence-corrected chi connectivity index (χ4v) is 1.86. The molecule has 0 atom stereocenters. The summed E-state index contributed by atoms with van der Waals surface area (Å²) in [5.41, 5.74) is 0. The molecule has 0 saturated heterocycles. The lowest BCUT2D eigenvalue weighted by atomic mass is 10.4. The molecule has 0 unspecified atom stereocenters. The summed E-state index contributed by atoms with van der Waals surface area (Å²) in [5, 5.41) is 3.95. The molecule has 0 fully saturated rings. The molecule has 0 aliphatic heterocycles. The molecule has 2 aromatic heterocycles. The predicted molar refractivity (Wildman–Crippen MR) is 62.5 cm³/mol. The van der Waals surface area contributed by atoms with Crippen LogP contribution in [0.4, 0.5) is 5.13 Å². The maximum atomic E-state index is 5.47. The number of aryl methyl sites for hydroxylation is 2. The Morgan fingerprint density at radius 1 is 1.38 bits per heavy atom. The molecule has 16 heavy (non-hydrogen) atoms. The van der Waals surface area contributed by atoms with Gasteiger partial charge in [-0.2, -0.15) is 4.37 Å². The first-order valence-electron chi connectivity index (χ1n) is 5.31. The molecule has 0 amide bonds. The van der Waals surface area contributed by atoms with E-state index in [2.05, 4.69) is 19.7 Å². The van der Waals surface area contributed by atoms with Crippen LogP contribution < -0.4 is 5.32 Å². The number of anilines is 1. The van der Waals surface area contributed by atoms with E-state index in [0.29, 0.717) is 12.4 Å². The Labute approximate surface area is 98.1 Å². The fraction of sp³-hybridized carbons (Fsp3) is 0.500. The van der Waals surface area contributed by atoms with E-state index in [0.717, 1.165) is 29.6 Å². The van der Waals surface area contributed by atoms with Crippen molar-refractivity contribution < 1.29 is 4.42 Å². The molecule has 2 heterocycles. The van der Waals surface area contributed by atoms with Gasteiger partial charge in [0, 0.05) is 24.4 Å². The van der Waals surface area contributed by atoms with Crippen molar-refractivity contribution in [3.05, 3.63) is 23.7 Å². The third kappa shape index (κ3) is 2.57. The summed E-state index contributed by atoms with van der Waals surface area (Å²) in [5.74, 6) is 2.46.